The van der Waals surface area contributed by atoms with E-state index in [1.807, 2.05) is 13.0 Å². The summed E-state index contributed by atoms with van der Waals surface area (Å²) in [6.07, 6.45) is 8.91. The molecule has 5 heteroatoms. The van der Waals surface area contributed by atoms with Gasteiger partial charge in [-0.2, -0.15) is 0 Å². The SMILES string of the molecule is C[C@]12CCC(=O)C=C1CC[C@@H]1C2=CC[C@@]2(C)[C@H]1CC[C@]2(O)C(=O)CCC(=O)O. The molecule has 0 saturated heterocycles. The number of carbonyl (C=O) groups excluding carboxylic acids is 2. The van der Waals surface area contributed by atoms with Crippen LogP contribution in [-0.4, -0.2) is 33.3 Å². The zero-order valence-corrected chi connectivity index (χ0v) is 16.8. The summed E-state index contributed by atoms with van der Waals surface area (Å²) in [7, 11) is 0. The first-order chi connectivity index (χ1) is 13.1. The number of Topliss-reactive ketones (excluding diaryl/α,β-unsaturated/α-hetero) is 1. The van der Waals surface area contributed by atoms with Crippen LogP contribution in [0.1, 0.15) is 71.6 Å². The molecule has 2 saturated carbocycles. The zero-order valence-electron chi connectivity index (χ0n) is 16.8. The summed E-state index contributed by atoms with van der Waals surface area (Å²) in [5, 5.41) is 20.3. The second-order valence-corrected chi connectivity index (χ2v) is 9.72. The van der Waals surface area contributed by atoms with Crippen molar-refractivity contribution in [1.82, 2.24) is 0 Å². The van der Waals surface area contributed by atoms with Crippen molar-refractivity contribution >= 4 is 17.5 Å². The molecular weight excluding hydrogens is 356 g/mol. The van der Waals surface area contributed by atoms with Crippen LogP contribution in [0.2, 0.25) is 0 Å². The molecule has 0 bridgehead atoms. The van der Waals surface area contributed by atoms with Crippen LogP contribution >= 0.6 is 0 Å². The minimum absolute atomic E-state index is 0.0633. The minimum atomic E-state index is -1.44. The van der Waals surface area contributed by atoms with Gasteiger partial charge in [0.2, 0.25) is 0 Å². The van der Waals surface area contributed by atoms with Gasteiger partial charge in [-0.1, -0.05) is 31.1 Å². The number of aliphatic hydroxyl groups is 1. The van der Waals surface area contributed by atoms with E-state index in [2.05, 4.69) is 13.0 Å². The molecule has 4 aliphatic rings. The molecule has 5 atom stereocenters. The normalized spacial score (nSPS) is 42.0. The van der Waals surface area contributed by atoms with Crippen molar-refractivity contribution in [2.75, 3.05) is 0 Å². The fourth-order valence-corrected chi connectivity index (χ4v) is 6.76. The van der Waals surface area contributed by atoms with E-state index in [9.17, 15) is 19.5 Å². The van der Waals surface area contributed by atoms with Crippen LogP contribution in [0, 0.1) is 22.7 Å². The Balaban J connectivity index is 1.66. The van der Waals surface area contributed by atoms with Gasteiger partial charge in [-0.3, -0.25) is 14.4 Å². The van der Waals surface area contributed by atoms with Crippen molar-refractivity contribution in [3.63, 3.8) is 0 Å². The molecule has 5 nitrogen and oxygen atoms in total. The first-order valence-electron chi connectivity index (χ1n) is 10.5. The molecule has 4 aliphatic carbocycles. The molecule has 0 unspecified atom stereocenters. The highest BCUT2D eigenvalue weighted by atomic mass is 16.4. The van der Waals surface area contributed by atoms with Crippen LogP contribution in [0.25, 0.3) is 0 Å². The Hall–Kier alpha value is -1.75. The molecule has 0 aliphatic heterocycles. The average molecular weight is 386 g/mol. The highest BCUT2D eigenvalue weighted by Crippen LogP contribution is 2.65. The lowest BCUT2D eigenvalue weighted by molar-refractivity contribution is -0.154. The van der Waals surface area contributed by atoms with Crippen LogP contribution in [0.3, 0.4) is 0 Å². The quantitative estimate of drug-likeness (QED) is 0.720. The Morgan fingerprint density at radius 2 is 1.89 bits per heavy atom. The smallest absolute Gasteiger partial charge is 0.303 e. The predicted molar refractivity (Wildman–Crippen MR) is 104 cm³/mol. The van der Waals surface area contributed by atoms with E-state index in [4.69, 9.17) is 5.11 Å². The van der Waals surface area contributed by atoms with Crippen LogP contribution in [0.5, 0.6) is 0 Å². The van der Waals surface area contributed by atoms with E-state index < -0.39 is 17.0 Å². The third kappa shape index (κ3) is 2.58. The Bertz CT molecular complexity index is 808. The summed E-state index contributed by atoms with van der Waals surface area (Å²) in [5.41, 5.74) is 0.613. The summed E-state index contributed by atoms with van der Waals surface area (Å²) >= 11 is 0. The van der Waals surface area contributed by atoms with Gasteiger partial charge in [-0.05, 0) is 56.4 Å². The maximum Gasteiger partial charge on any atom is 0.303 e. The van der Waals surface area contributed by atoms with Crippen molar-refractivity contribution in [2.45, 2.75) is 77.2 Å². The first kappa shape index (κ1) is 19.6. The van der Waals surface area contributed by atoms with Crippen molar-refractivity contribution in [2.24, 2.45) is 22.7 Å². The number of hydrogen-bond acceptors (Lipinski definition) is 4. The largest absolute Gasteiger partial charge is 0.481 e. The molecule has 28 heavy (non-hydrogen) atoms. The zero-order chi connectivity index (χ0) is 20.3. The van der Waals surface area contributed by atoms with Crippen LogP contribution in [-0.2, 0) is 14.4 Å². The number of carboxylic acid groups (broad SMARTS) is 1. The number of rotatable bonds is 4. The fourth-order valence-electron chi connectivity index (χ4n) is 6.76. The summed E-state index contributed by atoms with van der Waals surface area (Å²) in [6.45, 7) is 4.28. The fraction of sp³-hybridized carbons (Fsp3) is 0.696. The highest BCUT2D eigenvalue weighted by Gasteiger charge is 2.64. The van der Waals surface area contributed by atoms with E-state index in [1.165, 1.54) is 11.1 Å². The van der Waals surface area contributed by atoms with Gasteiger partial charge >= 0.3 is 5.97 Å². The Morgan fingerprint density at radius 1 is 1.14 bits per heavy atom. The van der Waals surface area contributed by atoms with Crippen LogP contribution < -0.4 is 0 Å². The first-order valence-corrected chi connectivity index (χ1v) is 10.5. The van der Waals surface area contributed by atoms with E-state index in [1.54, 1.807) is 0 Å². The van der Waals surface area contributed by atoms with Crippen molar-refractivity contribution < 1.29 is 24.6 Å². The topological polar surface area (TPSA) is 91.7 Å². The molecular formula is C23H30O5. The van der Waals surface area contributed by atoms with Crippen LogP contribution in [0.4, 0.5) is 0 Å². The molecule has 4 rings (SSSR count). The third-order valence-corrected chi connectivity index (χ3v) is 8.52. The molecule has 0 aromatic carbocycles. The maximum atomic E-state index is 12.8. The third-order valence-electron chi connectivity index (χ3n) is 8.52. The summed E-state index contributed by atoms with van der Waals surface area (Å²) < 4.78 is 0. The molecule has 0 spiro atoms. The lowest BCUT2D eigenvalue weighted by Crippen LogP contribution is -2.54. The molecule has 0 radical (unpaired) electrons. The maximum absolute atomic E-state index is 12.8. The predicted octanol–water partition coefficient (Wildman–Crippen LogP) is 3.60. The number of hydrogen-bond donors (Lipinski definition) is 2. The number of aliphatic carboxylic acids is 1. The Kier molecular flexibility index (Phi) is 4.46. The molecule has 0 aromatic heterocycles. The highest BCUT2D eigenvalue weighted by molar-refractivity contribution is 5.92. The van der Waals surface area contributed by atoms with E-state index >= 15 is 0 Å². The molecule has 0 amide bonds. The van der Waals surface area contributed by atoms with Crippen molar-refractivity contribution in [1.29, 1.82) is 0 Å². The second kappa shape index (κ2) is 6.38. The van der Waals surface area contributed by atoms with Crippen LogP contribution in [0.15, 0.2) is 23.3 Å². The summed E-state index contributed by atoms with van der Waals surface area (Å²) in [6, 6.07) is 0. The van der Waals surface area contributed by atoms with Gasteiger partial charge in [0.1, 0.15) is 5.60 Å². The van der Waals surface area contributed by atoms with Crippen molar-refractivity contribution in [3.05, 3.63) is 23.3 Å². The number of fused-ring (bicyclic) bond motifs is 5. The monoisotopic (exact) mass is 386 g/mol. The number of allylic oxidation sites excluding steroid dienone is 4. The number of carbonyl (C=O) groups is 3. The average Bonchev–Trinajstić information content (AvgIpc) is 2.92. The van der Waals surface area contributed by atoms with Gasteiger partial charge in [0.25, 0.3) is 0 Å². The minimum Gasteiger partial charge on any atom is -0.481 e. The lowest BCUT2D eigenvalue weighted by Gasteiger charge is -2.54. The molecule has 152 valence electrons. The van der Waals surface area contributed by atoms with E-state index in [0.717, 1.165) is 25.7 Å². The second-order valence-electron chi connectivity index (χ2n) is 9.72. The van der Waals surface area contributed by atoms with E-state index in [-0.39, 0.29) is 35.7 Å². The van der Waals surface area contributed by atoms with Gasteiger partial charge in [0.15, 0.2) is 11.6 Å². The number of ketones is 2. The molecule has 0 aromatic rings. The number of carboxylic acids is 1. The van der Waals surface area contributed by atoms with Gasteiger partial charge in [0.05, 0.1) is 6.42 Å². The van der Waals surface area contributed by atoms with Crippen molar-refractivity contribution in [3.8, 4) is 0 Å². The summed E-state index contributed by atoms with van der Waals surface area (Å²) in [5.74, 6) is -0.541. The van der Waals surface area contributed by atoms with Gasteiger partial charge in [0, 0.05) is 23.7 Å². The standard InChI is InChI=1S/C23H30O5/c1-21-10-7-15(24)13-14(21)3-4-16-17(21)8-11-22(2)18(16)9-12-23(22,28)19(25)5-6-20(26)27/h8,13,16,18,28H,3-7,9-12H2,1-2H3,(H,26,27)/t16-,18+,21+,22+,23+/m1/s1. The van der Waals surface area contributed by atoms with Gasteiger partial charge < -0.3 is 10.2 Å². The van der Waals surface area contributed by atoms with E-state index in [0.29, 0.717) is 25.2 Å². The molecule has 0 heterocycles. The lowest BCUT2D eigenvalue weighted by atomic mass is 9.50. The Morgan fingerprint density at radius 3 is 2.61 bits per heavy atom. The van der Waals surface area contributed by atoms with Gasteiger partial charge in [-0.25, -0.2) is 0 Å². The Labute approximate surface area is 165 Å². The summed E-state index contributed by atoms with van der Waals surface area (Å²) in [4.78, 5) is 35.6. The molecule has 2 fully saturated rings. The van der Waals surface area contributed by atoms with Gasteiger partial charge in [-0.15, -0.1) is 0 Å². The molecule has 2 N–H and O–H groups in total.